The maximum Gasteiger partial charge on any atom is 0.251 e. The van der Waals surface area contributed by atoms with Crippen molar-refractivity contribution < 1.29 is 9.53 Å². The molecule has 1 amide bonds. The highest BCUT2D eigenvalue weighted by molar-refractivity contribution is 5.95. The minimum absolute atomic E-state index is 0.0209. The Bertz CT molecular complexity index is 532. The number of aryl methyl sites for hydroxylation is 1. The second-order valence-corrected chi connectivity index (χ2v) is 5.92. The fourth-order valence-electron chi connectivity index (χ4n) is 3.27. The van der Waals surface area contributed by atoms with Crippen LogP contribution in [0.15, 0.2) is 12.1 Å². The van der Waals surface area contributed by atoms with Crippen molar-refractivity contribution in [3.05, 3.63) is 23.4 Å². The number of pyridine rings is 1. The standard InChI is InChI=1S/C16H23N3O2/c1-3-4-11-7-10(8-15(17-2)18-11)16(20)19-13-9-12-5-6-14(13)21-12/h7-8,12-14H,3-6,9H2,1-2H3,(H,17,18)(H,19,20). The van der Waals surface area contributed by atoms with E-state index in [0.29, 0.717) is 11.7 Å². The van der Waals surface area contributed by atoms with E-state index < -0.39 is 0 Å². The van der Waals surface area contributed by atoms with Gasteiger partial charge in [0.15, 0.2) is 0 Å². The number of hydrogen-bond donors (Lipinski definition) is 2. The lowest BCUT2D eigenvalue weighted by Gasteiger charge is -2.20. The van der Waals surface area contributed by atoms with Crippen LogP contribution in [0.1, 0.15) is 48.7 Å². The molecule has 3 unspecified atom stereocenters. The number of rotatable bonds is 5. The Morgan fingerprint density at radius 3 is 2.90 bits per heavy atom. The van der Waals surface area contributed by atoms with Crippen LogP contribution in [-0.2, 0) is 11.2 Å². The molecule has 5 heteroatoms. The highest BCUT2D eigenvalue weighted by Gasteiger charge is 2.41. The van der Waals surface area contributed by atoms with Gasteiger partial charge in [-0.25, -0.2) is 4.98 Å². The summed E-state index contributed by atoms with van der Waals surface area (Å²) >= 11 is 0. The van der Waals surface area contributed by atoms with Gasteiger partial charge in [-0.05, 0) is 37.8 Å². The van der Waals surface area contributed by atoms with Crippen LogP contribution in [0.4, 0.5) is 5.82 Å². The van der Waals surface area contributed by atoms with Crippen molar-refractivity contribution >= 4 is 11.7 Å². The average Bonchev–Trinajstić information content (AvgIpc) is 3.09. The van der Waals surface area contributed by atoms with Crippen molar-refractivity contribution in [1.82, 2.24) is 10.3 Å². The van der Waals surface area contributed by atoms with E-state index in [1.807, 2.05) is 19.2 Å². The number of amides is 1. The number of nitrogens with one attached hydrogen (secondary N) is 2. The lowest BCUT2D eigenvalue weighted by atomic mass is 9.95. The average molecular weight is 289 g/mol. The first kappa shape index (κ1) is 14.3. The first-order valence-corrected chi connectivity index (χ1v) is 7.84. The van der Waals surface area contributed by atoms with Crippen LogP contribution >= 0.6 is 0 Å². The molecule has 2 fully saturated rings. The first-order valence-electron chi connectivity index (χ1n) is 7.84. The summed E-state index contributed by atoms with van der Waals surface area (Å²) in [7, 11) is 1.82. The Balaban J connectivity index is 1.72. The Hall–Kier alpha value is -1.62. The normalized spacial score (nSPS) is 26.9. The van der Waals surface area contributed by atoms with E-state index >= 15 is 0 Å². The van der Waals surface area contributed by atoms with Gasteiger partial charge in [-0.1, -0.05) is 13.3 Å². The summed E-state index contributed by atoms with van der Waals surface area (Å²) in [6, 6.07) is 3.87. The smallest absolute Gasteiger partial charge is 0.251 e. The fraction of sp³-hybridized carbons (Fsp3) is 0.625. The summed E-state index contributed by atoms with van der Waals surface area (Å²) < 4.78 is 5.79. The van der Waals surface area contributed by atoms with Gasteiger partial charge in [0.2, 0.25) is 0 Å². The number of ether oxygens (including phenoxy) is 1. The SMILES string of the molecule is CCCc1cc(C(=O)NC2CC3CCC2O3)cc(NC)n1. The van der Waals surface area contributed by atoms with Gasteiger partial charge in [-0.15, -0.1) is 0 Å². The molecule has 5 nitrogen and oxygen atoms in total. The molecule has 21 heavy (non-hydrogen) atoms. The Morgan fingerprint density at radius 1 is 1.43 bits per heavy atom. The third-order valence-electron chi connectivity index (χ3n) is 4.33. The molecule has 0 spiro atoms. The van der Waals surface area contributed by atoms with Gasteiger partial charge in [-0.3, -0.25) is 4.79 Å². The highest BCUT2D eigenvalue weighted by Crippen LogP contribution is 2.34. The van der Waals surface area contributed by atoms with Gasteiger partial charge < -0.3 is 15.4 Å². The van der Waals surface area contributed by atoms with Gasteiger partial charge in [0.25, 0.3) is 5.91 Å². The lowest BCUT2D eigenvalue weighted by molar-refractivity contribution is 0.0841. The van der Waals surface area contributed by atoms with Crippen LogP contribution < -0.4 is 10.6 Å². The fourth-order valence-corrected chi connectivity index (χ4v) is 3.27. The Morgan fingerprint density at radius 2 is 2.29 bits per heavy atom. The number of aromatic nitrogens is 1. The minimum atomic E-state index is -0.0209. The summed E-state index contributed by atoms with van der Waals surface area (Å²) in [5.41, 5.74) is 1.64. The second-order valence-electron chi connectivity index (χ2n) is 5.92. The van der Waals surface area contributed by atoms with Crippen molar-refractivity contribution in [2.24, 2.45) is 0 Å². The number of fused-ring (bicyclic) bond motifs is 2. The molecule has 2 aliphatic heterocycles. The Labute approximate surface area is 125 Å². The third kappa shape index (κ3) is 3.02. The number of nitrogens with zero attached hydrogens (tertiary/aromatic N) is 1. The third-order valence-corrected chi connectivity index (χ3v) is 4.33. The van der Waals surface area contributed by atoms with E-state index in [2.05, 4.69) is 22.5 Å². The number of carbonyl (C=O) groups excluding carboxylic acids is 1. The van der Waals surface area contributed by atoms with Crippen molar-refractivity contribution in [3.63, 3.8) is 0 Å². The van der Waals surface area contributed by atoms with E-state index in [-0.39, 0.29) is 18.1 Å². The topological polar surface area (TPSA) is 63.2 Å². The molecule has 0 radical (unpaired) electrons. The van der Waals surface area contributed by atoms with Crippen LogP contribution in [0.3, 0.4) is 0 Å². The lowest BCUT2D eigenvalue weighted by Crippen LogP contribution is -2.41. The minimum Gasteiger partial charge on any atom is -0.373 e. The maximum atomic E-state index is 12.5. The van der Waals surface area contributed by atoms with E-state index in [0.717, 1.165) is 43.6 Å². The van der Waals surface area contributed by atoms with E-state index in [1.54, 1.807) is 0 Å². The molecule has 2 N–H and O–H groups in total. The molecule has 2 bridgehead atoms. The molecular formula is C16H23N3O2. The predicted molar refractivity (Wildman–Crippen MR) is 81.5 cm³/mol. The molecule has 3 heterocycles. The van der Waals surface area contributed by atoms with Crippen molar-refractivity contribution in [3.8, 4) is 0 Å². The van der Waals surface area contributed by atoms with E-state index in [1.165, 1.54) is 0 Å². The van der Waals surface area contributed by atoms with Gasteiger partial charge in [0.1, 0.15) is 5.82 Å². The summed E-state index contributed by atoms with van der Waals surface area (Å²) in [5.74, 6) is 0.725. The highest BCUT2D eigenvalue weighted by atomic mass is 16.5. The van der Waals surface area contributed by atoms with E-state index in [9.17, 15) is 4.79 Å². The summed E-state index contributed by atoms with van der Waals surface area (Å²) in [4.78, 5) is 17.0. The van der Waals surface area contributed by atoms with Gasteiger partial charge >= 0.3 is 0 Å². The molecule has 1 aromatic rings. The quantitative estimate of drug-likeness (QED) is 0.871. The molecule has 0 saturated carbocycles. The molecule has 114 valence electrons. The van der Waals surface area contributed by atoms with Crippen LogP contribution in [0.25, 0.3) is 0 Å². The number of carbonyl (C=O) groups is 1. The molecule has 0 aromatic carbocycles. The summed E-state index contributed by atoms with van der Waals surface area (Å²) in [5, 5.41) is 6.15. The summed E-state index contributed by atoms with van der Waals surface area (Å²) in [6.07, 6.45) is 5.60. The number of hydrogen-bond acceptors (Lipinski definition) is 4. The zero-order valence-electron chi connectivity index (χ0n) is 12.7. The molecule has 3 atom stereocenters. The molecule has 2 saturated heterocycles. The molecule has 0 aliphatic carbocycles. The van der Waals surface area contributed by atoms with Crippen LogP contribution in [0, 0.1) is 0 Å². The monoisotopic (exact) mass is 289 g/mol. The first-order chi connectivity index (χ1) is 10.2. The van der Waals surface area contributed by atoms with Gasteiger partial charge in [0, 0.05) is 18.3 Å². The Kier molecular flexibility index (Phi) is 4.10. The van der Waals surface area contributed by atoms with Crippen molar-refractivity contribution in [2.75, 3.05) is 12.4 Å². The zero-order valence-corrected chi connectivity index (χ0v) is 12.7. The van der Waals surface area contributed by atoms with Crippen molar-refractivity contribution in [1.29, 1.82) is 0 Å². The van der Waals surface area contributed by atoms with Crippen LogP contribution in [-0.4, -0.2) is 36.2 Å². The predicted octanol–water partition coefficient (Wildman–Crippen LogP) is 2.13. The number of anilines is 1. The molecule has 3 rings (SSSR count). The summed E-state index contributed by atoms with van der Waals surface area (Å²) in [6.45, 7) is 2.11. The molecular weight excluding hydrogens is 266 g/mol. The molecule has 1 aromatic heterocycles. The molecule has 2 aliphatic rings. The van der Waals surface area contributed by atoms with Crippen LogP contribution in [0.2, 0.25) is 0 Å². The van der Waals surface area contributed by atoms with Gasteiger partial charge in [-0.2, -0.15) is 0 Å². The largest absolute Gasteiger partial charge is 0.373 e. The van der Waals surface area contributed by atoms with Gasteiger partial charge in [0.05, 0.1) is 18.2 Å². The maximum absolute atomic E-state index is 12.5. The zero-order chi connectivity index (χ0) is 14.8. The van der Waals surface area contributed by atoms with Crippen molar-refractivity contribution in [2.45, 2.75) is 57.3 Å². The van der Waals surface area contributed by atoms with E-state index in [4.69, 9.17) is 4.74 Å². The van der Waals surface area contributed by atoms with Crippen LogP contribution in [0.5, 0.6) is 0 Å². The second kappa shape index (κ2) is 6.02.